The summed E-state index contributed by atoms with van der Waals surface area (Å²) in [6.45, 7) is 2.87. The molecule has 0 radical (unpaired) electrons. The van der Waals surface area contributed by atoms with Crippen molar-refractivity contribution in [2.24, 2.45) is 5.92 Å². The average Bonchev–Trinajstić information content (AvgIpc) is 2.61. The van der Waals surface area contributed by atoms with Gasteiger partial charge in [-0.1, -0.05) is 12.1 Å². The molecule has 6 heteroatoms. The number of amides is 2. The second-order valence-corrected chi connectivity index (χ2v) is 6.40. The maximum atomic E-state index is 12.1. The van der Waals surface area contributed by atoms with E-state index in [1.165, 1.54) is 6.42 Å². The quantitative estimate of drug-likeness (QED) is 0.876. The molecule has 0 bridgehead atoms. The Morgan fingerprint density at radius 2 is 2.24 bits per heavy atom. The van der Waals surface area contributed by atoms with Gasteiger partial charge in [-0.25, -0.2) is 9.78 Å². The van der Waals surface area contributed by atoms with Gasteiger partial charge < -0.3 is 20.3 Å². The maximum Gasteiger partial charge on any atom is 0.319 e. The number of rotatable bonds is 5. The van der Waals surface area contributed by atoms with Crippen LogP contribution in [0.2, 0.25) is 0 Å². The number of nitrogens with zero attached hydrogens (tertiary/aromatic N) is 2. The van der Waals surface area contributed by atoms with Crippen molar-refractivity contribution in [2.45, 2.75) is 12.8 Å². The van der Waals surface area contributed by atoms with Crippen molar-refractivity contribution in [3.8, 4) is 11.6 Å². The van der Waals surface area contributed by atoms with E-state index in [0.717, 1.165) is 19.5 Å². The van der Waals surface area contributed by atoms with Crippen molar-refractivity contribution in [3.05, 3.63) is 48.7 Å². The van der Waals surface area contributed by atoms with Crippen LogP contribution < -0.4 is 15.4 Å². The lowest BCUT2D eigenvalue weighted by atomic mass is 9.99. The van der Waals surface area contributed by atoms with E-state index in [1.807, 2.05) is 30.3 Å². The SMILES string of the molecule is CN1CCCC(CNC(=O)Nc2cccc(Oc3ccccn3)c2)C1. The minimum atomic E-state index is -0.191. The van der Waals surface area contributed by atoms with Gasteiger partial charge in [0.2, 0.25) is 5.88 Å². The first-order valence-electron chi connectivity index (χ1n) is 8.61. The summed E-state index contributed by atoms with van der Waals surface area (Å²) in [5.74, 6) is 1.67. The Morgan fingerprint density at radius 1 is 1.32 bits per heavy atom. The smallest absolute Gasteiger partial charge is 0.319 e. The molecule has 2 N–H and O–H groups in total. The second-order valence-electron chi connectivity index (χ2n) is 6.40. The van der Waals surface area contributed by atoms with Gasteiger partial charge >= 0.3 is 6.03 Å². The molecule has 1 aromatic carbocycles. The molecule has 6 nitrogen and oxygen atoms in total. The zero-order chi connectivity index (χ0) is 17.5. The van der Waals surface area contributed by atoms with Crippen molar-refractivity contribution in [3.63, 3.8) is 0 Å². The van der Waals surface area contributed by atoms with E-state index < -0.39 is 0 Å². The van der Waals surface area contributed by atoms with Gasteiger partial charge in [0.1, 0.15) is 5.75 Å². The van der Waals surface area contributed by atoms with Gasteiger partial charge in [0.05, 0.1) is 0 Å². The van der Waals surface area contributed by atoms with Crippen LogP contribution >= 0.6 is 0 Å². The third kappa shape index (κ3) is 5.46. The molecule has 2 amide bonds. The lowest BCUT2D eigenvalue weighted by Gasteiger charge is -2.29. The van der Waals surface area contributed by atoms with Crippen LogP contribution in [0, 0.1) is 5.92 Å². The van der Waals surface area contributed by atoms with Crippen molar-refractivity contribution in [1.82, 2.24) is 15.2 Å². The number of carbonyl (C=O) groups is 1. The molecule has 1 unspecified atom stereocenters. The fourth-order valence-electron chi connectivity index (χ4n) is 3.02. The topological polar surface area (TPSA) is 66.5 Å². The van der Waals surface area contributed by atoms with E-state index in [9.17, 15) is 4.79 Å². The number of hydrogen-bond donors (Lipinski definition) is 2. The Kier molecular flexibility index (Phi) is 5.85. The number of likely N-dealkylation sites (tertiary alicyclic amines) is 1. The third-order valence-electron chi connectivity index (χ3n) is 4.23. The summed E-state index contributed by atoms with van der Waals surface area (Å²) in [6, 6.07) is 12.6. The van der Waals surface area contributed by atoms with Gasteiger partial charge in [0.25, 0.3) is 0 Å². The predicted molar refractivity (Wildman–Crippen MR) is 98.0 cm³/mol. The van der Waals surface area contributed by atoms with E-state index in [0.29, 0.717) is 29.8 Å². The van der Waals surface area contributed by atoms with Gasteiger partial charge in [0.15, 0.2) is 0 Å². The summed E-state index contributed by atoms with van der Waals surface area (Å²) in [5, 5.41) is 5.82. The van der Waals surface area contributed by atoms with Crippen molar-refractivity contribution < 1.29 is 9.53 Å². The van der Waals surface area contributed by atoms with E-state index in [2.05, 4.69) is 27.6 Å². The van der Waals surface area contributed by atoms with E-state index >= 15 is 0 Å². The number of pyridine rings is 1. The molecular weight excluding hydrogens is 316 g/mol. The van der Waals surface area contributed by atoms with Crippen molar-refractivity contribution in [2.75, 3.05) is 32.0 Å². The lowest BCUT2D eigenvalue weighted by Crippen LogP contribution is -2.40. The van der Waals surface area contributed by atoms with Gasteiger partial charge in [-0.2, -0.15) is 0 Å². The number of ether oxygens (including phenoxy) is 1. The first-order chi connectivity index (χ1) is 12.2. The molecule has 2 heterocycles. The second kappa shape index (κ2) is 8.48. The van der Waals surface area contributed by atoms with Crippen LogP contribution in [0.4, 0.5) is 10.5 Å². The molecular formula is C19H24N4O2. The van der Waals surface area contributed by atoms with Crippen LogP contribution in [0.1, 0.15) is 12.8 Å². The molecule has 0 spiro atoms. The highest BCUT2D eigenvalue weighted by atomic mass is 16.5. The molecule has 1 saturated heterocycles. The standard InChI is InChI=1S/C19H24N4O2/c1-23-11-5-6-15(14-23)13-21-19(24)22-16-7-4-8-17(12-16)25-18-9-2-3-10-20-18/h2-4,7-10,12,15H,5-6,11,13-14H2,1H3,(H2,21,22,24). The minimum absolute atomic E-state index is 0.191. The van der Waals surface area contributed by atoms with Crippen molar-refractivity contribution in [1.29, 1.82) is 0 Å². The molecule has 0 aliphatic carbocycles. The van der Waals surface area contributed by atoms with E-state index in [1.54, 1.807) is 18.3 Å². The van der Waals surface area contributed by atoms with Gasteiger partial charge in [-0.3, -0.25) is 0 Å². The number of nitrogens with one attached hydrogen (secondary N) is 2. The summed E-state index contributed by atoms with van der Waals surface area (Å²) >= 11 is 0. The molecule has 2 aromatic rings. The highest BCUT2D eigenvalue weighted by molar-refractivity contribution is 5.89. The Hall–Kier alpha value is -2.60. The summed E-state index contributed by atoms with van der Waals surface area (Å²) in [6.07, 6.45) is 4.03. The number of benzene rings is 1. The average molecular weight is 340 g/mol. The molecule has 1 atom stereocenters. The molecule has 1 fully saturated rings. The zero-order valence-corrected chi connectivity index (χ0v) is 14.4. The van der Waals surface area contributed by atoms with E-state index in [-0.39, 0.29) is 6.03 Å². The third-order valence-corrected chi connectivity index (χ3v) is 4.23. The van der Waals surface area contributed by atoms with Gasteiger partial charge in [-0.15, -0.1) is 0 Å². The summed E-state index contributed by atoms with van der Waals surface area (Å²) in [5.41, 5.74) is 0.687. The number of piperidine rings is 1. The zero-order valence-electron chi connectivity index (χ0n) is 14.4. The predicted octanol–water partition coefficient (Wildman–Crippen LogP) is 3.34. The van der Waals surface area contributed by atoms with Gasteiger partial charge in [0, 0.05) is 37.1 Å². The first kappa shape index (κ1) is 17.2. The first-order valence-corrected chi connectivity index (χ1v) is 8.61. The molecule has 132 valence electrons. The fraction of sp³-hybridized carbons (Fsp3) is 0.368. The molecule has 25 heavy (non-hydrogen) atoms. The molecule has 1 aliphatic rings. The number of anilines is 1. The van der Waals surface area contributed by atoms with Crippen LogP contribution in [0.25, 0.3) is 0 Å². The monoisotopic (exact) mass is 340 g/mol. The van der Waals surface area contributed by atoms with Crippen LogP contribution in [0.15, 0.2) is 48.7 Å². The van der Waals surface area contributed by atoms with Gasteiger partial charge in [-0.05, 0) is 50.6 Å². The highest BCUT2D eigenvalue weighted by Gasteiger charge is 2.17. The Morgan fingerprint density at radius 3 is 3.04 bits per heavy atom. The Labute approximate surface area is 148 Å². The number of hydrogen-bond acceptors (Lipinski definition) is 4. The molecule has 0 saturated carbocycles. The maximum absolute atomic E-state index is 12.1. The fourth-order valence-corrected chi connectivity index (χ4v) is 3.02. The minimum Gasteiger partial charge on any atom is -0.439 e. The summed E-state index contributed by atoms with van der Waals surface area (Å²) < 4.78 is 5.68. The molecule has 3 rings (SSSR count). The largest absolute Gasteiger partial charge is 0.439 e. The molecule has 1 aromatic heterocycles. The Balaban J connectivity index is 1.50. The van der Waals surface area contributed by atoms with E-state index in [4.69, 9.17) is 4.74 Å². The summed E-state index contributed by atoms with van der Waals surface area (Å²) in [7, 11) is 2.12. The van der Waals surface area contributed by atoms with Crippen LogP contribution in [-0.4, -0.2) is 42.6 Å². The van der Waals surface area contributed by atoms with Crippen LogP contribution in [0.3, 0.4) is 0 Å². The number of carbonyl (C=O) groups excluding carboxylic acids is 1. The molecule has 1 aliphatic heterocycles. The van der Waals surface area contributed by atoms with Crippen LogP contribution in [-0.2, 0) is 0 Å². The highest BCUT2D eigenvalue weighted by Crippen LogP contribution is 2.22. The lowest BCUT2D eigenvalue weighted by molar-refractivity contribution is 0.204. The van der Waals surface area contributed by atoms with Crippen molar-refractivity contribution >= 4 is 11.7 Å². The van der Waals surface area contributed by atoms with Crippen LogP contribution in [0.5, 0.6) is 11.6 Å². The Bertz CT molecular complexity index is 693. The normalized spacial score (nSPS) is 17.7. The number of urea groups is 1. The number of aromatic nitrogens is 1. The summed E-state index contributed by atoms with van der Waals surface area (Å²) in [4.78, 5) is 18.6.